The van der Waals surface area contributed by atoms with Crippen LogP contribution < -0.4 is 4.90 Å². The van der Waals surface area contributed by atoms with E-state index in [9.17, 15) is 14.0 Å². The van der Waals surface area contributed by atoms with Gasteiger partial charge in [0.1, 0.15) is 11.6 Å². The normalized spacial score (nSPS) is 17.7. The van der Waals surface area contributed by atoms with Crippen molar-refractivity contribution in [3.8, 4) is 0 Å². The highest BCUT2D eigenvalue weighted by Crippen LogP contribution is 2.35. The predicted molar refractivity (Wildman–Crippen MR) is 119 cm³/mol. The van der Waals surface area contributed by atoms with Gasteiger partial charge in [-0.05, 0) is 43.9 Å². The molecule has 4 heterocycles. The van der Waals surface area contributed by atoms with Crippen LogP contribution in [-0.4, -0.2) is 49.6 Å². The molecular formula is C24H25FN6O2. The number of amides is 2. The molecule has 33 heavy (non-hydrogen) atoms. The third-order valence-electron chi connectivity index (χ3n) is 6.39. The average molecular weight is 449 g/mol. The molecule has 0 aliphatic carbocycles. The van der Waals surface area contributed by atoms with Gasteiger partial charge in [0, 0.05) is 37.6 Å². The number of rotatable bonds is 5. The number of aryl methyl sites for hydroxylation is 2. The van der Waals surface area contributed by atoms with Gasteiger partial charge in [-0.25, -0.2) is 14.4 Å². The van der Waals surface area contributed by atoms with Gasteiger partial charge in [-0.1, -0.05) is 12.1 Å². The van der Waals surface area contributed by atoms with Gasteiger partial charge in [0.15, 0.2) is 5.82 Å². The predicted octanol–water partition coefficient (Wildman–Crippen LogP) is 2.77. The Bertz CT molecular complexity index is 1220. The Kier molecular flexibility index (Phi) is 5.39. The van der Waals surface area contributed by atoms with Crippen LogP contribution >= 0.6 is 0 Å². The molecule has 2 aromatic heterocycles. The van der Waals surface area contributed by atoms with E-state index in [0.29, 0.717) is 36.7 Å². The Labute approximate surface area is 191 Å². The van der Waals surface area contributed by atoms with Crippen LogP contribution in [-0.2, 0) is 24.7 Å². The van der Waals surface area contributed by atoms with Gasteiger partial charge < -0.3 is 4.90 Å². The number of likely N-dealkylation sites (tertiary alicyclic amines) is 1. The van der Waals surface area contributed by atoms with E-state index in [1.807, 2.05) is 6.92 Å². The van der Waals surface area contributed by atoms with Gasteiger partial charge in [-0.15, -0.1) is 0 Å². The molecule has 2 aliphatic rings. The minimum atomic E-state index is -0.281. The number of anilines is 1. The zero-order valence-corrected chi connectivity index (χ0v) is 18.7. The minimum Gasteiger partial charge on any atom is -0.328 e. The summed E-state index contributed by atoms with van der Waals surface area (Å²) in [5, 5.41) is 4.11. The van der Waals surface area contributed by atoms with Gasteiger partial charge in [0.05, 0.1) is 24.2 Å². The maximum absolute atomic E-state index is 13.2. The quantitative estimate of drug-likeness (QED) is 0.599. The number of carbonyl (C=O) groups excluding carboxylic acids is 2. The first-order valence-electron chi connectivity index (χ1n) is 11.1. The summed E-state index contributed by atoms with van der Waals surface area (Å²) in [5.41, 5.74) is 3.10. The lowest BCUT2D eigenvalue weighted by atomic mass is 10.1. The van der Waals surface area contributed by atoms with Gasteiger partial charge in [-0.3, -0.25) is 19.2 Å². The lowest BCUT2D eigenvalue weighted by Crippen LogP contribution is -2.32. The van der Waals surface area contributed by atoms with Gasteiger partial charge >= 0.3 is 0 Å². The van der Waals surface area contributed by atoms with E-state index in [1.54, 1.807) is 46.1 Å². The number of fused-ring (bicyclic) bond motifs is 1. The molecule has 2 amide bonds. The van der Waals surface area contributed by atoms with Crippen LogP contribution in [0.15, 0.2) is 36.7 Å². The molecular weight excluding hydrogens is 423 g/mol. The molecule has 1 atom stereocenters. The van der Waals surface area contributed by atoms with Gasteiger partial charge in [0.25, 0.3) is 5.91 Å². The van der Waals surface area contributed by atoms with Crippen LogP contribution in [0, 0.1) is 12.7 Å². The Hall–Kier alpha value is -3.62. The maximum Gasteiger partial charge on any atom is 0.257 e. The molecule has 1 aromatic carbocycles. The van der Waals surface area contributed by atoms with Gasteiger partial charge in [0.2, 0.25) is 5.91 Å². The van der Waals surface area contributed by atoms with E-state index in [2.05, 4.69) is 5.10 Å². The summed E-state index contributed by atoms with van der Waals surface area (Å²) in [7, 11) is 1.78. The average Bonchev–Trinajstić information content (AvgIpc) is 3.52. The Morgan fingerprint density at radius 3 is 2.73 bits per heavy atom. The van der Waals surface area contributed by atoms with E-state index in [-0.39, 0.29) is 30.1 Å². The van der Waals surface area contributed by atoms with Crippen LogP contribution in [0.5, 0.6) is 0 Å². The molecule has 0 bridgehead atoms. The molecule has 2 aliphatic heterocycles. The number of hydrogen-bond acceptors (Lipinski definition) is 5. The number of benzene rings is 1. The highest BCUT2D eigenvalue weighted by molar-refractivity contribution is 6.00. The zero-order valence-electron chi connectivity index (χ0n) is 18.7. The van der Waals surface area contributed by atoms with Crippen LogP contribution in [0.2, 0.25) is 0 Å². The van der Waals surface area contributed by atoms with Crippen molar-refractivity contribution in [1.82, 2.24) is 24.6 Å². The standard InChI is InChI=1S/C24H25FN6O2/c1-15-19-12-21(32)31(11-9-16-5-7-18(25)8-6-16)23(19)28-22(27-15)20-4-3-10-30(20)24(33)17-13-26-29(2)14-17/h5-8,13-14,20H,3-4,9-12H2,1-2H3/t20-/m1/s1. The molecule has 0 spiro atoms. The summed E-state index contributed by atoms with van der Waals surface area (Å²) in [6, 6.07) is 6.07. The fourth-order valence-electron chi connectivity index (χ4n) is 4.64. The molecule has 1 saturated heterocycles. The van der Waals surface area contributed by atoms with Crippen molar-refractivity contribution in [1.29, 1.82) is 0 Å². The summed E-state index contributed by atoms with van der Waals surface area (Å²) in [5.74, 6) is 0.817. The summed E-state index contributed by atoms with van der Waals surface area (Å²) >= 11 is 0. The van der Waals surface area contributed by atoms with Crippen LogP contribution in [0.3, 0.4) is 0 Å². The molecule has 5 rings (SSSR count). The van der Waals surface area contributed by atoms with Crippen molar-refractivity contribution < 1.29 is 14.0 Å². The van der Waals surface area contributed by atoms with Crippen LogP contribution in [0.25, 0.3) is 0 Å². The Balaban J connectivity index is 1.41. The second kappa shape index (κ2) is 8.38. The summed E-state index contributed by atoms with van der Waals surface area (Å²) in [6.07, 6.45) is 5.79. The van der Waals surface area contributed by atoms with Crippen molar-refractivity contribution in [3.05, 3.63) is 70.7 Å². The lowest BCUT2D eigenvalue weighted by Gasteiger charge is -2.24. The van der Waals surface area contributed by atoms with Crippen molar-refractivity contribution in [2.45, 2.75) is 38.6 Å². The first-order chi connectivity index (χ1) is 15.9. The van der Waals surface area contributed by atoms with E-state index < -0.39 is 0 Å². The van der Waals surface area contributed by atoms with Crippen molar-refractivity contribution in [2.24, 2.45) is 7.05 Å². The second-order valence-electron chi connectivity index (χ2n) is 8.63. The lowest BCUT2D eigenvalue weighted by molar-refractivity contribution is -0.117. The first-order valence-corrected chi connectivity index (χ1v) is 11.1. The minimum absolute atomic E-state index is 0.0172. The molecule has 9 heteroatoms. The highest BCUT2D eigenvalue weighted by Gasteiger charge is 2.36. The van der Waals surface area contributed by atoms with Crippen molar-refractivity contribution in [2.75, 3.05) is 18.0 Å². The fraction of sp³-hybridized carbons (Fsp3) is 0.375. The second-order valence-corrected chi connectivity index (χ2v) is 8.63. The summed E-state index contributed by atoms with van der Waals surface area (Å²) < 4.78 is 14.8. The van der Waals surface area contributed by atoms with Crippen molar-refractivity contribution in [3.63, 3.8) is 0 Å². The summed E-state index contributed by atoms with van der Waals surface area (Å²) in [6.45, 7) is 2.98. The molecule has 3 aromatic rings. The zero-order chi connectivity index (χ0) is 23.1. The van der Waals surface area contributed by atoms with Crippen LogP contribution in [0.1, 0.15) is 51.9 Å². The Morgan fingerprint density at radius 1 is 1.21 bits per heavy atom. The van der Waals surface area contributed by atoms with Crippen molar-refractivity contribution >= 4 is 17.6 Å². The molecule has 170 valence electrons. The number of aromatic nitrogens is 4. The largest absolute Gasteiger partial charge is 0.328 e. The number of hydrogen-bond donors (Lipinski definition) is 0. The smallest absolute Gasteiger partial charge is 0.257 e. The van der Waals surface area contributed by atoms with Gasteiger partial charge in [-0.2, -0.15) is 5.10 Å². The first kappa shape index (κ1) is 21.2. The Morgan fingerprint density at radius 2 is 2.00 bits per heavy atom. The number of carbonyl (C=O) groups is 2. The fourth-order valence-corrected chi connectivity index (χ4v) is 4.64. The van der Waals surface area contributed by atoms with E-state index >= 15 is 0 Å². The third-order valence-corrected chi connectivity index (χ3v) is 6.39. The number of halogens is 1. The van der Waals surface area contributed by atoms with E-state index in [1.165, 1.54) is 12.1 Å². The monoisotopic (exact) mass is 448 g/mol. The van der Waals surface area contributed by atoms with Crippen LogP contribution in [0.4, 0.5) is 10.2 Å². The number of nitrogens with zero attached hydrogens (tertiary/aromatic N) is 6. The third kappa shape index (κ3) is 3.99. The molecule has 8 nitrogen and oxygen atoms in total. The molecule has 0 radical (unpaired) electrons. The highest BCUT2D eigenvalue weighted by atomic mass is 19.1. The molecule has 0 unspecified atom stereocenters. The van der Waals surface area contributed by atoms with E-state index in [0.717, 1.165) is 29.7 Å². The molecule has 0 N–H and O–H groups in total. The SMILES string of the molecule is Cc1nc([C@H]2CCCN2C(=O)c2cnn(C)c2)nc2c1CC(=O)N2CCc1ccc(F)cc1. The molecule has 0 saturated carbocycles. The molecule has 1 fully saturated rings. The maximum atomic E-state index is 13.2. The summed E-state index contributed by atoms with van der Waals surface area (Å²) in [4.78, 5) is 38.9. The topological polar surface area (TPSA) is 84.2 Å². The van der Waals surface area contributed by atoms with E-state index in [4.69, 9.17) is 9.97 Å².